The van der Waals surface area contributed by atoms with E-state index in [-0.39, 0.29) is 6.61 Å². The van der Waals surface area contributed by atoms with Crippen LogP contribution in [0.2, 0.25) is 0 Å². The number of ether oxygens (including phenoxy) is 2. The molecule has 3 heteroatoms. The number of rotatable bonds is 13. The molecule has 0 aromatic carbocycles. The molecular weight excluding hydrogens is 216 g/mol. The zero-order chi connectivity index (χ0) is 12.8. The van der Waals surface area contributed by atoms with E-state index < -0.39 is 0 Å². The maximum Gasteiger partial charge on any atom is 0.0701 e. The second-order valence-electron chi connectivity index (χ2n) is 4.51. The van der Waals surface area contributed by atoms with E-state index in [2.05, 4.69) is 13.8 Å². The zero-order valence-electron chi connectivity index (χ0n) is 11.6. The summed E-state index contributed by atoms with van der Waals surface area (Å²) in [4.78, 5) is 0. The first-order valence-corrected chi connectivity index (χ1v) is 7.11. The normalized spacial score (nSPS) is 12.9. The zero-order valence-corrected chi connectivity index (χ0v) is 11.6. The number of hydrogen-bond donors (Lipinski definition) is 1. The van der Waals surface area contributed by atoms with Gasteiger partial charge >= 0.3 is 0 Å². The van der Waals surface area contributed by atoms with Gasteiger partial charge in [-0.1, -0.05) is 46.0 Å². The van der Waals surface area contributed by atoms with Gasteiger partial charge in [0.05, 0.1) is 26.4 Å². The first kappa shape index (κ1) is 16.9. The van der Waals surface area contributed by atoms with E-state index in [1.807, 2.05) is 0 Å². The average Bonchev–Trinajstić information content (AvgIpc) is 2.35. The molecule has 1 unspecified atom stereocenters. The minimum atomic E-state index is 0.0931. The van der Waals surface area contributed by atoms with Crippen LogP contribution in [-0.4, -0.2) is 38.1 Å². The van der Waals surface area contributed by atoms with Crippen molar-refractivity contribution in [3.63, 3.8) is 0 Å². The quantitative estimate of drug-likeness (QED) is 0.508. The molecule has 0 spiro atoms. The van der Waals surface area contributed by atoms with E-state index in [0.717, 1.165) is 18.9 Å². The van der Waals surface area contributed by atoms with Crippen molar-refractivity contribution in [2.75, 3.05) is 33.0 Å². The number of hydrogen-bond acceptors (Lipinski definition) is 3. The van der Waals surface area contributed by atoms with E-state index in [9.17, 15) is 0 Å². The third-order valence-electron chi connectivity index (χ3n) is 3.03. The first-order chi connectivity index (χ1) is 8.35. The summed E-state index contributed by atoms with van der Waals surface area (Å²) in [6, 6.07) is 0. The highest BCUT2D eigenvalue weighted by molar-refractivity contribution is 4.56. The topological polar surface area (TPSA) is 38.7 Å². The van der Waals surface area contributed by atoms with Crippen LogP contribution in [0.1, 0.15) is 52.4 Å². The Morgan fingerprint density at radius 1 is 0.882 bits per heavy atom. The lowest BCUT2D eigenvalue weighted by atomic mass is 9.95. The fraction of sp³-hybridized carbons (Fsp3) is 1.00. The molecule has 0 aromatic heterocycles. The van der Waals surface area contributed by atoms with Gasteiger partial charge in [-0.05, 0) is 12.3 Å². The van der Waals surface area contributed by atoms with Crippen LogP contribution in [0.3, 0.4) is 0 Å². The summed E-state index contributed by atoms with van der Waals surface area (Å²) in [7, 11) is 0. The summed E-state index contributed by atoms with van der Waals surface area (Å²) in [5.74, 6) is 0.910. The molecule has 0 aliphatic rings. The van der Waals surface area contributed by atoms with Gasteiger partial charge in [-0.3, -0.25) is 0 Å². The Labute approximate surface area is 107 Å². The Kier molecular flexibility index (Phi) is 13.8. The SMILES string of the molecule is CCCC(CC)CCCCOCCOCCO. The summed E-state index contributed by atoms with van der Waals surface area (Å²) < 4.78 is 10.6. The Bertz CT molecular complexity index is 139. The monoisotopic (exact) mass is 246 g/mol. The van der Waals surface area contributed by atoms with Crippen LogP contribution in [0.15, 0.2) is 0 Å². The Balaban J connectivity index is 3.11. The van der Waals surface area contributed by atoms with Crippen LogP contribution in [0.4, 0.5) is 0 Å². The maximum atomic E-state index is 8.49. The van der Waals surface area contributed by atoms with E-state index in [1.165, 1.54) is 32.1 Å². The third-order valence-corrected chi connectivity index (χ3v) is 3.03. The molecule has 0 saturated heterocycles. The molecule has 0 amide bonds. The van der Waals surface area contributed by atoms with Crippen LogP contribution in [-0.2, 0) is 9.47 Å². The molecule has 0 bridgehead atoms. The van der Waals surface area contributed by atoms with Gasteiger partial charge in [0, 0.05) is 6.61 Å². The molecule has 0 rings (SSSR count). The second kappa shape index (κ2) is 13.9. The van der Waals surface area contributed by atoms with Crippen LogP contribution >= 0.6 is 0 Å². The highest BCUT2D eigenvalue weighted by Crippen LogP contribution is 2.17. The fourth-order valence-corrected chi connectivity index (χ4v) is 1.98. The van der Waals surface area contributed by atoms with Gasteiger partial charge in [0.25, 0.3) is 0 Å². The van der Waals surface area contributed by atoms with Crippen molar-refractivity contribution in [2.24, 2.45) is 5.92 Å². The predicted molar refractivity (Wildman–Crippen MR) is 71.3 cm³/mol. The molecule has 0 aliphatic heterocycles. The summed E-state index contributed by atoms with van der Waals surface area (Å²) in [6.45, 7) is 7.13. The van der Waals surface area contributed by atoms with Crippen LogP contribution < -0.4 is 0 Å². The van der Waals surface area contributed by atoms with Crippen LogP contribution in [0.25, 0.3) is 0 Å². The molecular formula is C14H30O3. The highest BCUT2D eigenvalue weighted by Gasteiger charge is 2.04. The van der Waals surface area contributed by atoms with Crippen molar-refractivity contribution in [2.45, 2.75) is 52.4 Å². The van der Waals surface area contributed by atoms with Gasteiger partial charge in [-0.25, -0.2) is 0 Å². The minimum absolute atomic E-state index is 0.0931. The number of aliphatic hydroxyl groups is 1. The van der Waals surface area contributed by atoms with Crippen molar-refractivity contribution in [3.8, 4) is 0 Å². The van der Waals surface area contributed by atoms with Crippen molar-refractivity contribution in [1.82, 2.24) is 0 Å². The standard InChI is InChI=1S/C14H30O3/c1-3-7-14(4-2)8-5-6-10-16-12-13-17-11-9-15/h14-15H,3-13H2,1-2H3. The summed E-state index contributed by atoms with van der Waals surface area (Å²) in [6.07, 6.45) is 7.75. The average molecular weight is 246 g/mol. The molecule has 1 N–H and O–H groups in total. The predicted octanol–water partition coefficient (Wildman–Crippen LogP) is 3.01. The Morgan fingerprint density at radius 2 is 1.59 bits per heavy atom. The number of aliphatic hydroxyl groups excluding tert-OH is 1. The maximum absolute atomic E-state index is 8.49. The molecule has 1 atom stereocenters. The molecule has 0 aromatic rings. The fourth-order valence-electron chi connectivity index (χ4n) is 1.98. The molecule has 0 aliphatic carbocycles. The lowest BCUT2D eigenvalue weighted by Gasteiger charge is -2.13. The molecule has 0 fully saturated rings. The van der Waals surface area contributed by atoms with E-state index in [1.54, 1.807) is 0 Å². The molecule has 0 saturated carbocycles. The van der Waals surface area contributed by atoms with Crippen LogP contribution in [0, 0.1) is 5.92 Å². The molecule has 0 radical (unpaired) electrons. The van der Waals surface area contributed by atoms with Gasteiger partial charge in [0.15, 0.2) is 0 Å². The number of unbranched alkanes of at least 4 members (excludes halogenated alkanes) is 1. The summed E-state index contributed by atoms with van der Waals surface area (Å²) >= 11 is 0. The van der Waals surface area contributed by atoms with E-state index in [4.69, 9.17) is 14.6 Å². The van der Waals surface area contributed by atoms with Crippen molar-refractivity contribution >= 4 is 0 Å². The van der Waals surface area contributed by atoms with Gasteiger partial charge in [0.2, 0.25) is 0 Å². The lowest BCUT2D eigenvalue weighted by Crippen LogP contribution is -2.08. The van der Waals surface area contributed by atoms with Gasteiger partial charge < -0.3 is 14.6 Å². The third kappa shape index (κ3) is 12.1. The molecule has 17 heavy (non-hydrogen) atoms. The first-order valence-electron chi connectivity index (χ1n) is 7.11. The molecule has 0 heterocycles. The molecule has 3 nitrogen and oxygen atoms in total. The largest absolute Gasteiger partial charge is 0.394 e. The van der Waals surface area contributed by atoms with Gasteiger partial charge in [-0.2, -0.15) is 0 Å². The highest BCUT2D eigenvalue weighted by atomic mass is 16.5. The van der Waals surface area contributed by atoms with Gasteiger partial charge in [-0.15, -0.1) is 0 Å². The lowest BCUT2D eigenvalue weighted by molar-refractivity contribution is 0.0319. The van der Waals surface area contributed by atoms with Crippen molar-refractivity contribution < 1.29 is 14.6 Å². The van der Waals surface area contributed by atoms with E-state index >= 15 is 0 Å². The van der Waals surface area contributed by atoms with Gasteiger partial charge in [0.1, 0.15) is 0 Å². The Hall–Kier alpha value is -0.120. The molecule has 104 valence electrons. The smallest absolute Gasteiger partial charge is 0.0701 e. The minimum Gasteiger partial charge on any atom is -0.394 e. The van der Waals surface area contributed by atoms with Crippen LogP contribution in [0.5, 0.6) is 0 Å². The second-order valence-corrected chi connectivity index (χ2v) is 4.51. The van der Waals surface area contributed by atoms with Crippen molar-refractivity contribution in [3.05, 3.63) is 0 Å². The van der Waals surface area contributed by atoms with Crippen molar-refractivity contribution in [1.29, 1.82) is 0 Å². The van der Waals surface area contributed by atoms with E-state index in [0.29, 0.717) is 19.8 Å². The Morgan fingerprint density at radius 3 is 2.18 bits per heavy atom. The summed E-state index contributed by atoms with van der Waals surface area (Å²) in [5.41, 5.74) is 0. The summed E-state index contributed by atoms with van der Waals surface area (Å²) in [5, 5.41) is 8.49.